The maximum absolute atomic E-state index is 10.7. The summed E-state index contributed by atoms with van der Waals surface area (Å²) in [5.41, 5.74) is 0.0132. The molecule has 0 saturated heterocycles. The molecule has 0 bridgehead atoms. The number of carboxylic acid groups (broad SMARTS) is 1. The van der Waals surface area contributed by atoms with Crippen LogP contribution in [0.4, 0.5) is 0 Å². The van der Waals surface area contributed by atoms with Gasteiger partial charge in [0.15, 0.2) is 5.69 Å². The van der Waals surface area contributed by atoms with Crippen molar-refractivity contribution in [3.05, 3.63) is 11.9 Å². The summed E-state index contributed by atoms with van der Waals surface area (Å²) in [7, 11) is 0. The molecule has 0 aliphatic heterocycles. The maximum atomic E-state index is 10.7. The summed E-state index contributed by atoms with van der Waals surface area (Å²) in [6, 6.07) is 0. The molecule has 6 heteroatoms. The minimum atomic E-state index is -1.02. The number of carboxylic acids is 1. The van der Waals surface area contributed by atoms with Crippen LogP contribution in [0.15, 0.2) is 6.20 Å². The van der Waals surface area contributed by atoms with Gasteiger partial charge >= 0.3 is 5.97 Å². The highest BCUT2D eigenvalue weighted by Gasteiger charge is 2.23. The van der Waals surface area contributed by atoms with Crippen LogP contribution in [-0.4, -0.2) is 50.6 Å². The molecule has 0 radical (unpaired) electrons. The Balaban J connectivity index is 1.81. The lowest BCUT2D eigenvalue weighted by Crippen LogP contribution is -2.30. The van der Waals surface area contributed by atoms with Gasteiger partial charge in [0, 0.05) is 13.1 Å². The molecule has 2 rings (SSSR count). The van der Waals surface area contributed by atoms with E-state index >= 15 is 0 Å². The Morgan fingerprint density at radius 2 is 2.33 bits per heavy atom. The van der Waals surface area contributed by atoms with Crippen molar-refractivity contribution in [2.75, 3.05) is 19.6 Å². The lowest BCUT2D eigenvalue weighted by Gasteiger charge is -2.21. The molecule has 0 unspecified atom stereocenters. The van der Waals surface area contributed by atoms with Crippen LogP contribution in [-0.2, 0) is 6.54 Å². The van der Waals surface area contributed by atoms with E-state index < -0.39 is 5.97 Å². The van der Waals surface area contributed by atoms with Crippen LogP contribution in [0.2, 0.25) is 0 Å². The molecular weight excluding hydrogens is 232 g/mol. The minimum Gasteiger partial charge on any atom is -0.476 e. The highest BCUT2D eigenvalue weighted by molar-refractivity contribution is 5.84. The number of rotatable bonds is 8. The molecule has 0 aromatic carbocycles. The van der Waals surface area contributed by atoms with E-state index in [1.807, 2.05) is 0 Å². The summed E-state index contributed by atoms with van der Waals surface area (Å²) >= 11 is 0. The van der Waals surface area contributed by atoms with Gasteiger partial charge in [-0.25, -0.2) is 4.79 Å². The fraction of sp³-hybridized carbons (Fsp3) is 0.750. The van der Waals surface area contributed by atoms with Crippen molar-refractivity contribution in [3.8, 4) is 0 Å². The summed E-state index contributed by atoms with van der Waals surface area (Å²) in [4.78, 5) is 13.1. The van der Waals surface area contributed by atoms with Crippen LogP contribution in [0.5, 0.6) is 0 Å². The number of hydrogen-bond acceptors (Lipinski definition) is 4. The van der Waals surface area contributed by atoms with Gasteiger partial charge < -0.3 is 10.0 Å². The largest absolute Gasteiger partial charge is 0.476 e. The van der Waals surface area contributed by atoms with Crippen LogP contribution in [0.3, 0.4) is 0 Å². The lowest BCUT2D eigenvalue weighted by molar-refractivity contribution is 0.0690. The standard InChI is InChI=1S/C12H20N4O2/c1-2-5-15(8-10-3-4-10)6-7-16-9-11(12(17)18)13-14-16/h9-10H,2-8H2,1H3,(H,17,18). The topological polar surface area (TPSA) is 71.2 Å². The monoisotopic (exact) mass is 252 g/mol. The zero-order valence-electron chi connectivity index (χ0n) is 10.7. The van der Waals surface area contributed by atoms with Gasteiger partial charge in [-0.05, 0) is 31.7 Å². The highest BCUT2D eigenvalue weighted by atomic mass is 16.4. The van der Waals surface area contributed by atoms with Crippen molar-refractivity contribution in [3.63, 3.8) is 0 Å². The van der Waals surface area contributed by atoms with Gasteiger partial charge in [-0.3, -0.25) is 4.68 Å². The van der Waals surface area contributed by atoms with Crippen molar-refractivity contribution < 1.29 is 9.90 Å². The first kappa shape index (κ1) is 13.0. The smallest absolute Gasteiger partial charge is 0.358 e. The summed E-state index contributed by atoms with van der Waals surface area (Å²) in [5, 5.41) is 16.2. The molecule has 6 nitrogen and oxygen atoms in total. The van der Waals surface area contributed by atoms with Gasteiger partial charge in [0.25, 0.3) is 0 Å². The van der Waals surface area contributed by atoms with Gasteiger partial charge in [0.05, 0.1) is 12.7 Å². The summed E-state index contributed by atoms with van der Waals surface area (Å²) in [6.07, 6.45) is 5.34. The summed E-state index contributed by atoms with van der Waals surface area (Å²) < 4.78 is 1.61. The first-order chi connectivity index (χ1) is 8.69. The van der Waals surface area contributed by atoms with Crippen LogP contribution < -0.4 is 0 Å². The first-order valence-corrected chi connectivity index (χ1v) is 6.54. The summed E-state index contributed by atoms with van der Waals surface area (Å²) in [5.74, 6) is -0.147. The van der Waals surface area contributed by atoms with E-state index in [-0.39, 0.29) is 5.69 Å². The molecule has 0 spiro atoms. The first-order valence-electron chi connectivity index (χ1n) is 6.54. The second-order valence-corrected chi connectivity index (χ2v) is 4.92. The predicted octanol–water partition coefficient (Wildman–Crippen LogP) is 1.10. The van der Waals surface area contributed by atoms with Crippen molar-refractivity contribution in [1.29, 1.82) is 0 Å². The molecule has 18 heavy (non-hydrogen) atoms. The van der Waals surface area contributed by atoms with Gasteiger partial charge in [0.1, 0.15) is 0 Å². The lowest BCUT2D eigenvalue weighted by atomic mass is 10.3. The van der Waals surface area contributed by atoms with Crippen molar-refractivity contribution >= 4 is 5.97 Å². The van der Waals surface area contributed by atoms with Crippen molar-refractivity contribution in [1.82, 2.24) is 19.9 Å². The third-order valence-corrected chi connectivity index (χ3v) is 3.16. The molecule has 1 aromatic rings. The molecule has 100 valence electrons. The van der Waals surface area contributed by atoms with E-state index in [1.165, 1.54) is 19.0 Å². The Morgan fingerprint density at radius 1 is 1.56 bits per heavy atom. The molecule has 1 heterocycles. The number of hydrogen-bond donors (Lipinski definition) is 1. The van der Waals surface area contributed by atoms with Gasteiger partial charge in [0.2, 0.25) is 0 Å². The fourth-order valence-corrected chi connectivity index (χ4v) is 2.03. The highest BCUT2D eigenvalue weighted by Crippen LogP contribution is 2.29. The normalized spacial score (nSPS) is 15.2. The van der Waals surface area contributed by atoms with E-state index in [4.69, 9.17) is 5.11 Å². The van der Waals surface area contributed by atoms with E-state index in [0.717, 1.165) is 32.0 Å². The molecule has 1 aromatic heterocycles. The maximum Gasteiger partial charge on any atom is 0.358 e. The fourth-order valence-electron chi connectivity index (χ4n) is 2.03. The Kier molecular flexibility index (Phi) is 4.30. The van der Waals surface area contributed by atoms with Gasteiger partial charge in [-0.2, -0.15) is 0 Å². The van der Waals surface area contributed by atoms with Crippen LogP contribution in [0.25, 0.3) is 0 Å². The zero-order chi connectivity index (χ0) is 13.0. The second-order valence-electron chi connectivity index (χ2n) is 4.92. The number of aromatic nitrogens is 3. The molecule has 1 fully saturated rings. The van der Waals surface area contributed by atoms with Crippen molar-refractivity contribution in [2.24, 2.45) is 5.92 Å². The van der Waals surface area contributed by atoms with E-state index in [9.17, 15) is 4.79 Å². The van der Waals surface area contributed by atoms with E-state index in [0.29, 0.717) is 6.54 Å². The summed E-state index contributed by atoms with van der Waals surface area (Å²) in [6.45, 7) is 6.04. The average molecular weight is 252 g/mol. The SMILES string of the molecule is CCCN(CCn1cc(C(=O)O)nn1)CC1CC1. The molecule has 1 aliphatic carbocycles. The molecule has 0 amide bonds. The molecule has 1 N–H and O–H groups in total. The number of nitrogens with zero attached hydrogens (tertiary/aromatic N) is 4. The van der Waals surface area contributed by atoms with E-state index in [1.54, 1.807) is 4.68 Å². The Bertz CT molecular complexity index is 401. The van der Waals surface area contributed by atoms with Crippen LogP contribution >= 0.6 is 0 Å². The van der Waals surface area contributed by atoms with Crippen molar-refractivity contribution in [2.45, 2.75) is 32.7 Å². The average Bonchev–Trinajstić information content (AvgIpc) is 3.01. The van der Waals surface area contributed by atoms with Gasteiger partial charge in [-0.15, -0.1) is 5.10 Å². The zero-order valence-corrected chi connectivity index (χ0v) is 10.7. The van der Waals surface area contributed by atoms with E-state index in [2.05, 4.69) is 22.1 Å². The molecule has 1 saturated carbocycles. The quantitative estimate of drug-likeness (QED) is 0.750. The predicted molar refractivity (Wildman–Crippen MR) is 66.4 cm³/mol. The Hall–Kier alpha value is -1.43. The molecule has 1 aliphatic rings. The third kappa shape index (κ3) is 3.80. The second kappa shape index (κ2) is 5.95. The van der Waals surface area contributed by atoms with Crippen LogP contribution in [0.1, 0.15) is 36.7 Å². The number of aromatic carboxylic acids is 1. The molecular formula is C12H20N4O2. The minimum absolute atomic E-state index is 0.0132. The Morgan fingerprint density at radius 3 is 2.89 bits per heavy atom. The number of carbonyl (C=O) groups is 1. The Labute approximate surface area is 107 Å². The third-order valence-electron chi connectivity index (χ3n) is 3.16. The van der Waals surface area contributed by atoms with Crippen LogP contribution in [0, 0.1) is 5.92 Å². The molecule has 0 atom stereocenters. The van der Waals surface area contributed by atoms with Gasteiger partial charge in [-0.1, -0.05) is 12.1 Å².